The molecule has 0 aliphatic rings. The molecule has 0 atom stereocenters. The van der Waals surface area contributed by atoms with Crippen molar-refractivity contribution in [3.8, 4) is 0 Å². The maximum absolute atomic E-state index is 5.73. The molecule has 3 nitrogen and oxygen atoms in total. The van der Waals surface area contributed by atoms with E-state index in [1.165, 1.54) is 4.88 Å². The van der Waals surface area contributed by atoms with E-state index < -0.39 is 0 Å². The summed E-state index contributed by atoms with van der Waals surface area (Å²) >= 11 is 1.71. The zero-order valence-electron chi connectivity index (χ0n) is 10.2. The maximum atomic E-state index is 5.73. The molecule has 0 amide bonds. The van der Waals surface area contributed by atoms with Gasteiger partial charge in [-0.2, -0.15) is 0 Å². The average Bonchev–Trinajstić information content (AvgIpc) is 2.59. The molecule has 0 bridgehead atoms. The second kappa shape index (κ2) is 4.94. The van der Waals surface area contributed by atoms with Crippen LogP contribution in [0, 0.1) is 0 Å². The number of nitrogens with two attached hydrogens (primary N) is 1. The molecule has 0 aliphatic carbocycles. The van der Waals surface area contributed by atoms with Crippen molar-refractivity contribution in [2.75, 3.05) is 11.9 Å². The van der Waals surface area contributed by atoms with Crippen molar-refractivity contribution in [3.05, 3.63) is 10.6 Å². The van der Waals surface area contributed by atoms with E-state index in [4.69, 9.17) is 5.73 Å². The Hall–Kier alpha value is -0.610. The third kappa shape index (κ3) is 2.69. The van der Waals surface area contributed by atoms with E-state index in [-0.39, 0.29) is 0 Å². The van der Waals surface area contributed by atoms with Gasteiger partial charge in [-0.3, -0.25) is 0 Å². The number of hydrogen-bond acceptors (Lipinski definition) is 4. The van der Waals surface area contributed by atoms with Crippen molar-refractivity contribution < 1.29 is 0 Å². The number of hydrogen-bond donors (Lipinski definition) is 1. The number of aromatic nitrogens is 1. The summed E-state index contributed by atoms with van der Waals surface area (Å²) in [5, 5.41) is 1.08. The Kier molecular flexibility index (Phi) is 4.11. The molecular formula is C11H21N3S. The lowest BCUT2D eigenvalue weighted by Gasteiger charge is -2.19. The Labute approximate surface area is 96.3 Å². The van der Waals surface area contributed by atoms with Crippen molar-refractivity contribution >= 4 is 16.5 Å². The average molecular weight is 227 g/mol. The van der Waals surface area contributed by atoms with Gasteiger partial charge in [0.25, 0.3) is 0 Å². The molecule has 1 heterocycles. The quantitative estimate of drug-likeness (QED) is 0.859. The van der Waals surface area contributed by atoms with Crippen LogP contribution in [-0.4, -0.2) is 18.1 Å². The van der Waals surface area contributed by atoms with Gasteiger partial charge in [0.05, 0.1) is 5.69 Å². The highest BCUT2D eigenvalue weighted by Gasteiger charge is 2.16. The highest BCUT2D eigenvalue weighted by atomic mass is 32.1. The van der Waals surface area contributed by atoms with Gasteiger partial charge >= 0.3 is 0 Å². The zero-order chi connectivity index (χ0) is 11.6. The summed E-state index contributed by atoms with van der Waals surface area (Å²) in [4.78, 5) is 8.07. The topological polar surface area (TPSA) is 42.2 Å². The van der Waals surface area contributed by atoms with Crippen molar-refractivity contribution in [2.24, 2.45) is 5.73 Å². The van der Waals surface area contributed by atoms with E-state index >= 15 is 0 Å². The summed E-state index contributed by atoms with van der Waals surface area (Å²) in [6.07, 6.45) is 0. The van der Waals surface area contributed by atoms with Crippen LogP contribution in [0.15, 0.2) is 0 Å². The van der Waals surface area contributed by atoms with Gasteiger partial charge < -0.3 is 10.6 Å². The summed E-state index contributed by atoms with van der Waals surface area (Å²) in [5.74, 6) is 0.453. The van der Waals surface area contributed by atoms with Crippen LogP contribution in [-0.2, 0) is 6.54 Å². The van der Waals surface area contributed by atoms with Crippen LogP contribution < -0.4 is 10.6 Å². The monoisotopic (exact) mass is 227 g/mol. The molecule has 0 fully saturated rings. The summed E-state index contributed by atoms with van der Waals surface area (Å²) in [6.45, 7) is 9.25. The van der Waals surface area contributed by atoms with Crippen molar-refractivity contribution in [2.45, 2.75) is 46.2 Å². The lowest BCUT2D eigenvalue weighted by atomic mass is 10.1. The molecule has 86 valence electrons. The fourth-order valence-electron chi connectivity index (χ4n) is 1.32. The van der Waals surface area contributed by atoms with Gasteiger partial charge in [0.2, 0.25) is 0 Å². The molecule has 0 aliphatic heterocycles. The molecule has 0 radical (unpaired) electrons. The molecule has 0 saturated carbocycles. The molecule has 2 N–H and O–H groups in total. The van der Waals surface area contributed by atoms with Gasteiger partial charge in [-0.1, -0.05) is 13.8 Å². The minimum atomic E-state index is 0.453. The van der Waals surface area contributed by atoms with Gasteiger partial charge in [0, 0.05) is 24.5 Å². The Morgan fingerprint density at radius 2 is 1.93 bits per heavy atom. The maximum Gasteiger partial charge on any atom is 0.185 e. The van der Waals surface area contributed by atoms with Crippen LogP contribution in [0.5, 0.6) is 0 Å². The lowest BCUT2D eigenvalue weighted by Crippen LogP contribution is -2.25. The summed E-state index contributed by atoms with van der Waals surface area (Å²) in [6, 6.07) is 0.474. The van der Waals surface area contributed by atoms with Gasteiger partial charge in [-0.25, -0.2) is 4.98 Å². The van der Waals surface area contributed by atoms with Crippen LogP contribution in [0.1, 0.15) is 44.2 Å². The Morgan fingerprint density at radius 3 is 2.27 bits per heavy atom. The fourth-order valence-corrected chi connectivity index (χ4v) is 2.51. The Morgan fingerprint density at radius 1 is 1.33 bits per heavy atom. The molecule has 0 aromatic carbocycles. The van der Waals surface area contributed by atoms with E-state index in [1.807, 2.05) is 0 Å². The van der Waals surface area contributed by atoms with Crippen LogP contribution >= 0.6 is 11.3 Å². The Balaban J connectivity index is 3.02. The lowest BCUT2D eigenvalue weighted by molar-refractivity contribution is 0.742. The summed E-state index contributed by atoms with van der Waals surface area (Å²) in [5.41, 5.74) is 6.89. The number of nitrogens with zero attached hydrogens (tertiary/aromatic N) is 2. The highest BCUT2D eigenvalue weighted by Crippen LogP contribution is 2.30. The minimum absolute atomic E-state index is 0.453. The Bertz CT molecular complexity index is 318. The third-order valence-electron chi connectivity index (χ3n) is 2.52. The molecule has 1 rings (SSSR count). The molecule has 1 aromatic heterocycles. The number of rotatable bonds is 4. The normalized spacial score (nSPS) is 11.5. The van der Waals surface area contributed by atoms with Gasteiger partial charge in [-0.15, -0.1) is 11.3 Å². The highest BCUT2D eigenvalue weighted by molar-refractivity contribution is 7.15. The molecule has 4 heteroatoms. The number of anilines is 1. The van der Waals surface area contributed by atoms with Crippen molar-refractivity contribution in [1.82, 2.24) is 4.98 Å². The predicted octanol–water partition coefficient (Wildman–Crippen LogP) is 2.57. The molecule has 1 aromatic rings. The van der Waals surface area contributed by atoms with Crippen LogP contribution in [0.25, 0.3) is 0 Å². The molecule has 0 spiro atoms. The largest absolute Gasteiger partial charge is 0.349 e. The third-order valence-corrected chi connectivity index (χ3v) is 3.71. The first-order chi connectivity index (χ1) is 6.97. The van der Waals surface area contributed by atoms with Crippen LogP contribution in [0.2, 0.25) is 0 Å². The fraction of sp³-hybridized carbons (Fsp3) is 0.727. The van der Waals surface area contributed by atoms with Crippen molar-refractivity contribution in [1.29, 1.82) is 0 Å². The van der Waals surface area contributed by atoms with Crippen LogP contribution in [0.4, 0.5) is 5.13 Å². The zero-order valence-corrected chi connectivity index (χ0v) is 11.1. The van der Waals surface area contributed by atoms with Crippen LogP contribution in [0.3, 0.4) is 0 Å². The molecular weight excluding hydrogens is 206 g/mol. The second-order valence-electron chi connectivity index (χ2n) is 4.37. The molecule has 0 unspecified atom stereocenters. The summed E-state index contributed by atoms with van der Waals surface area (Å²) in [7, 11) is 2.08. The minimum Gasteiger partial charge on any atom is -0.349 e. The van der Waals surface area contributed by atoms with Gasteiger partial charge in [0.15, 0.2) is 5.13 Å². The second-order valence-corrected chi connectivity index (χ2v) is 5.43. The van der Waals surface area contributed by atoms with E-state index in [0.717, 1.165) is 10.8 Å². The molecule has 0 saturated heterocycles. The first-order valence-corrected chi connectivity index (χ1v) is 6.21. The smallest absolute Gasteiger partial charge is 0.185 e. The van der Waals surface area contributed by atoms with Gasteiger partial charge in [0.1, 0.15) is 0 Å². The van der Waals surface area contributed by atoms with E-state index in [2.05, 4.69) is 44.6 Å². The predicted molar refractivity (Wildman–Crippen MR) is 67.6 cm³/mol. The standard InChI is InChI=1S/C11H21N3S/c1-7(2)10-9(6-12)15-11(13-10)14(5)8(3)4/h7-8H,6,12H2,1-5H3. The summed E-state index contributed by atoms with van der Waals surface area (Å²) < 4.78 is 0. The first-order valence-electron chi connectivity index (χ1n) is 5.39. The van der Waals surface area contributed by atoms with E-state index in [1.54, 1.807) is 11.3 Å². The number of thiazole rings is 1. The van der Waals surface area contributed by atoms with E-state index in [0.29, 0.717) is 18.5 Å². The van der Waals surface area contributed by atoms with Gasteiger partial charge in [-0.05, 0) is 19.8 Å². The SMILES string of the molecule is CC(C)c1nc(N(C)C(C)C)sc1CN. The van der Waals surface area contributed by atoms with E-state index in [9.17, 15) is 0 Å². The molecule has 15 heavy (non-hydrogen) atoms. The van der Waals surface area contributed by atoms with Crippen molar-refractivity contribution in [3.63, 3.8) is 0 Å². The first kappa shape index (κ1) is 12.5.